The molecular weight excluding hydrogens is 545 g/mol. The Balaban J connectivity index is 1.72. The topological polar surface area (TPSA) is 87.0 Å². The van der Waals surface area contributed by atoms with Gasteiger partial charge in [0.2, 0.25) is 0 Å². The number of hydrogen-bond acceptors (Lipinski definition) is 4. The van der Waals surface area contributed by atoms with E-state index in [0.717, 1.165) is 22.4 Å². The molecule has 1 N–H and O–H groups in total. The Morgan fingerprint density at radius 2 is 1.61 bits per heavy atom. The number of nitriles is 1. The summed E-state index contributed by atoms with van der Waals surface area (Å²) in [7, 11) is -3.21. The molecule has 0 saturated carbocycles. The first-order chi connectivity index (χ1) is 17.0. The van der Waals surface area contributed by atoms with Gasteiger partial charge in [0.1, 0.15) is 11.9 Å². The van der Waals surface area contributed by atoms with Gasteiger partial charge in [0.15, 0.2) is 0 Å². The first kappa shape index (κ1) is 27.3. The quantitative estimate of drug-likeness (QED) is 0.270. The fraction of sp³-hybridized carbons (Fsp3) is 0.185. The molecule has 0 bridgehead atoms. The third kappa shape index (κ3) is 6.69. The van der Waals surface area contributed by atoms with Gasteiger partial charge in [-0.15, -0.1) is 0 Å². The second-order valence-electron chi connectivity index (χ2n) is 8.55. The molecule has 0 aliphatic rings. The molecule has 0 aromatic heterocycles. The van der Waals surface area contributed by atoms with Crippen molar-refractivity contribution in [1.82, 2.24) is 0 Å². The van der Waals surface area contributed by atoms with E-state index < -0.39 is 40.2 Å². The average Bonchev–Trinajstić information content (AvgIpc) is 2.87. The monoisotopic (exact) mass is 570 g/mol. The van der Waals surface area contributed by atoms with E-state index in [9.17, 15) is 22.0 Å². The van der Waals surface area contributed by atoms with Crippen LogP contribution in [0.1, 0.15) is 31.9 Å². The Hall–Kier alpha value is -3.27. The Kier molecular flexibility index (Phi) is 8.83. The van der Waals surface area contributed by atoms with E-state index in [4.69, 9.17) is 5.26 Å². The zero-order valence-corrected chi connectivity index (χ0v) is 22.9. The molecule has 3 rings (SSSR count). The van der Waals surface area contributed by atoms with Crippen LogP contribution in [0.2, 0.25) is 5.21 Å². The predicted octanol–water partition coefficient (Wildman–Crippen LogP) is 5.90. The third-order valence-electron chi connectivity index (χ3n) is 5.37. The fourth-order valence-electron chi connectivity index (χ4n) is 3.26. The molecule has 5 nitrogen and oxygen atoms in total. The van der Waals surface area contributed by atoms with E-state index in [2.05, 4.69) is 5.32 Å². The molecule has 9 heteroatoms. The molecule has 36 heavy (non-hydrogen) atoms. The van der Waals surface area contributed by atoms with Crippen LogP contribution in [0.5, 0.6) is 0 Å². The Morgan fingerprint density at radius 3 is 2.17 bits per heavy atom. The molecule has 0 aliphatic carbocycles. The summed E-state index contributed by atoms with van der Waals surface area (Å²) >= 11 is -1.13. The number of anilines is 1. The molecule has 1 atom stereocenters. The first-order valence-corrected chi connectivity index (χ1v) is 16.6. The van der Waals surface area contributed by atoms with Gasteiger partial charge in [-0.1, -0.05) is 6.07 Å². The number of hydrogen-bond donors (Lipinski definition) is 1. The van der Waals surface area contributed by atoms with Crippen molar-refractivity contribution in [2.24, 2.45) is 5.92 Å². The van der Waals surface area contributed by atoms with Crippen LogP contribution in [0, 0.1) is 23.1 Å². The molecular formula is C27H25AsF2N2O3S. The summed E-state index contributed by atoms with van der Waals surface area (Å²) in [6.07, 6.45) is 0. The van der Waals surface area contributed by atoms with Crippen molar-refractivity contribution in [3.05, 3.63) is 89.5 Å². The van der Waals surface area contributed by atoms with E-state index in [-0.39, 0.29) is 16.7 Å². The van der Waals surface area contributed by atoms with Gasteiger partial charge >= 0.3 is 148 Å². The van der Waals surface area contributed by atoms with Crippen LogP contribution in [-0.2, 0) is 12.9 Å². The number of carbonyl (C=O) groups excluding carboxylic acids is 1. The van der Waals surface area contributed by atoms with Crippen LogP contribution < -0.4 is 5.32 Å². The van der Waals surface area contributed by atoms with Crippen LogP contribution in [-0.4, -0.2) is 28.9 Å². The number of carbonyl (C=O) groups is 1. The molecule has 0 radical (unpaired) electrons. The Labute approximate surface area is 215 Å². The van der Waals surface area contributed by atoms with Crippen molar-refractivity contribution >= 4 is 39.9 Å². The standard InChI is InChI=1S/C27H25AsF2N2O3S/c1-17(2)15-28-36(34,35)24-11-6-20(7-12-24)19-4-9-23(10-5-19)32-27(33)26(30)18(3)21-8-13-25(29)22(14-21)16-31/h4-14,17,28H,15H2,1-3H3,(H,32,33). The minimum atomic E-state index is -3.21. The number of halogens is 2. The average molecular weight is 570 g/mol. The van der Waals surface area contributed by atoms with Gasteiger partial charge in [0, 0.05) is 0 Å². The SMILES string of the molecule is CC(=C(F)C(=O)Nc1ccc(-c2ccc(S(=O)(=O)[AsH]CC(C)C)cc2)cc1)c1ccc(F)c(C#N)c1. The molecule has 3 aromatic rings. The molecule has 0 spiro atoms. The zero-order valence-electron chi connectivity index (χ0n) is 20.0. The molecule has 0 aliphatic heterocycles. The molecule has 3 aromatic carbocycles. The van der Waals surface area contributed by atoms with Gasteiger partial charge in [-0.05, 0) is 30.2 Å². The van der Waals surface area contributed by atoms with Crippen molar-refractivity contribution in [2.75, 3.05) is 5.32 Å². The first-order valence-electron chi connectivity index (χ1n) is 11.1. The molecule has 0 heterocycles. The largest absolute Gasteiger partial charge is 0.206 e. The summed E-state index contributed by atoms with van der Waals surface area (Å²) in [6, 6.07) is 18.6. The van der Waals surface area contributed by atoms with E-state index in [1.54, 1.807) is 54.6 Å². The number of allylic oxidation sites excluding steroid dienone is 1. The van der Waals surface area contributed by atoms with Crippen molar-refractivity contribution in [3.63, 3.8) is 0 Å². The van der Waals surface area contributed by atoms with Crippen LogP contribution in [0.15, 0.2) is 77.5 Å². The zero-order chi connectivity index (χ0) is 26.5. The van der Waals surface area contributed by atoms with E-state index >= 15 is 0 Å². The number of nitrogens with one attached hydrogen (secondary N) is 1. The van der Waals surface area contributed by atoms with Gasteiger partial charge < -0.3 is 0 Å². The minimum Gasteiger partial charge on any atom is -0.206 e. The maximum absolute atomic E-state index is 14.7. The fourth-order valence-corrected chi connectivity index (χ4v) is 9.86. The van der Waals surface area contributed by atoms with Crippen molar-refractivity contribution in [3.8, 4) is 17.2 Å². The van der Waals surface area contributed by atoms with Gasteiger partial charge in [-0.2, -0.15) is 5.26 Å². The van der Waals surface area contributed by atoms with E-state index in [0.29, 0.717) is 16.5 Å². The smallest absolute Gasteiger partial charge is 0.140 e. The minimum absolute atomic E-state index is 0.0215. The van der Waals surface area contributed by atoms with Crippen LogP contribution in [0.4, 0.5) is 14.5 Å². The second-order valence-corrected chi connectivity index (χ2v) is 16.4. The van der Waals surface area contributed by atoms with E-state index in [1.807, 2.05) is 13.8 Å². The molecule has 1 amide bonds. The van der Waals surface area contributed by atoms with Crippen LogP contribution >= 0.6 is 0 Å². The molecule has 1 unspecified atom stereocenters. The van der Waals surface area contributed by atoms with Crippen LogP contribution in [0.3, 0.4) is 0 Å². The normalized spacial score (nSPS) is 12.5. The summed E-state index contributed by atoms with van der Waals surface area (Å²) < 4.78 is 53.3. The second kappa shape index (κ2) is 11.6. The summed E-state index contributed by atoms with van der Waals surface area (Å²) in [6.45, 7) is 5.40. The summed E-state index contributed by atoms with van der Waals surface area (Å²) in [5.41, 5.74) is 1.94. The third-order valence-corrected chi connectivity index (χ3v) is 13.4. The van der Waals surface area contributed by atoms with E-state index in [1.165, 1.54) is 19.1 Å². The Bertz CT molecular complexity index is 1440. The molecule has 0 fully saturated rings. The summed E-state index contributed by atoms with van der Waals surface area (Å²) in [4.78, 5) is 12.7. The Morgan fingerprint density at radius 1 is 1.03 bits per heavy atom. The number of rotatable bonds is 8. The number of nitrogens with zero attached hydrogens (tertiary/aromatic N) is 1. The predicted molar refractivity (Wildman–Crippen MR) is 139 cm³/mol. The summed E-state index contributed by atoms with van der Waals surface area (Å²) in [5.74, 6) is -2.39. The van der Waals surface area contributed by atoms with Gasteiger partial charge in [-0.25, -0.2) is 8.78 Å². The molecule has 0 saturated heterocycles. The van der Waals surface area contributed by atoms with Crippen molar-refractivity contribution in [2.45, 2.75) is 30.9 Å². The number of amides is 1. The van der Waals surface area contributed by atoms with Crippen LogP contribution in [0.25, 0.3) is 16.7 Å². The van der Waals surface area contributed by atoms with Crippen molar-refractivity contribution < 1.29 is 22.0 Å². The van der Waals surface area contributed by atoms with Gasteiger partial charge in [-0.3, -0.25) is 0 Å². The maximum Gasteiger partial charge on any atom is 0.140 e. The molecule has 186 valence electrons. The van der Waals surface area contributed by atoms with Crippen molar-refractivity contribution in [1.29, 1.82) is 5.26 Å². The van der Waals surface area contributed by atoms with Gasteiger partial charge in [0.05, 0.1) is 5.56 Å². The maximum atomic E-state index is 14.7. The summed E-state index contributed by atoms with van der Waals surface area (Å²) in [5, 5.41) is 12.2. The number of benzene rings is 3. The van der Waals surface area contributed by atoms with Gasteiger partial charge in [0.25, 0.3) is 0 Å².